The van der Waals surface area contributed by atoms with Crippen molar-refractivity contribution in [2.45, 2.75) is 0 Å². The lowest BCUT2D eigenvalue weighted by Crippen LogP contribution is -2.05. The Morgan fingerprint density at radius 2 is 2.24 bits per heavy atom. The zero-order valence-corrected chi connectivity index (χ0v) is 9.43. The number of pyridine rings is 1. The highest BCUT2D eigenvalue weighted by atomic mass is 16.5. The van der Waals surface area contributed by atoms with Crippen LogP contribution in [0.5, 0.6) is 0 Å². The second-order valence-corrected chi connectivity index (χ2v) is 3.08. The third-order valence-electron chi connectivity index (χ3n) is 1.99. The van der Waals surface area contributed by atoms with E-state index in [1.54, 1.807) is 7.05 Å². The summed E-state index contributed by atoms with van der Waals surface area (Å²) in [4.78, 5) is 25.7. The van der Waals surface area contributed by atoms with Crippen molar-refractivity contribution < 1.29 is 19.4 Å². The smallest absolute Gasteiger partial charge is 0.339 e. The van der Waals surface area contributed by atoms with E-state index in [1.807, 2.05) is 0 Å². The lowest BCUT2D eigenvalue weighted by molar-refractivity contribution is -0.134. The number of nitrogens with zero attached hydrogens (tertiary/aromatic N) is 1. The molecule has 0 atom stereocenters. The molecule has 0 aromatic carbocycles. The molecule has 0 spiro atoms. The number of rotatable bonds is 4. The molecule has 0 unspecified atom stereocenters. The topological polar surface area (TPSA) is 88.5 Å². The number of methoxy groups -OCH3 is 1. The van der Waals surface area contributed by atoms with Gasteiger partial charge in [0.15, 0.2) is 0 Å². The predicted octanol–water partition coefficient (Wildman–Crippen LogP) is 1.01. The highest BCUT2D eigenvalue weighted by Crippen LogP contribution is 2.14. The first-order valence-electron chi connectivity index (χ1n) is 4.75. The molecule has 2 N–H and O–H groups in total. The number of hydrogen-bond donors (Lipinski definition) is 2. The van der Waals surface area contributed by atoms with E-state index in [1.165, 1.54) is 31.5 Å². The second kappa shape index (κ2) is 5.64. The van der Waals surface area contributed by atoms with Gasteiger partial charge in [-0.15, -0.1) is 0 Å². The van der Waals surface area contributed by atoms with E-state index in [0.29, 0.717) is 5.56 Å². The fourth-order valence-corrected chi connectivity index (χ4v) is 1.17. The standard InChI is InChI=1S/C11H12N2O4/c1-12-10-8(11(15)16)5-7(6-13-10)3-4-9(14)17-2/h3-6H,1-2H3,(H,12,13)(H,15,16)/b4-3+. The summed E-state index contributed by atoms with van der Waals surface area (Å²) in [6.07, 6.45) is 4.09. The first-order chi connectivity index (χ1) is 8.08. The molecule has 0 bridgehead atoms. The number of hydrogen-bond acceptors (Lipinski definition) is 5. The van der Waals surface area contributed by atoms with Gasteiger partial charge in [0.1, 0.15) is 11.4 Å². The van der Waals surface area contributed by atoms with Gasteiger partial charge in [0, 0.05) is 19.3 Å². The highest BCUT2D eigenvalue weighted by molar-refractivity contribution is 5.94. The number of aromatic carboxylic acids is 1. The number of nitrogens with one attached hydrogen (secondary N) is 1. The van der Waals surface area contributed by atoms with Crippen molar-refractivity contribution in [2.75, 3.05) is 19.5 Å². The van der Waals surface area contributed by atoms with Crippen LogP contribution < -0.4 is 5.32 Å². The van der Waals surface area contributed by atoms with Gasteiger partial charge < -0.3 is 15.2 Å². The van der Waals surface area contributed by atoms with E-state index in [4.69, 9.17) is 5.11 Å². The van der Waals surface area contributed by atoms with Gasteiger partial charge in [0.05, 0.1) is 7.11 Å². The van der Waals surface area contributed by atoms with Crippen LogP contribution in [-0.2, 0) is 9.53 Å². The highest BCUT2D eigenvalue weighted by Gasteiger charge is 2.10. The van der Waals surface area contributed by atoms with Gasteiger partial charge in [-0.2, -0.15) is 0 Å². The van der Waals surface area contributed by atoms with Gasteiger partial charge in [-0.1, -0.05) is 0 Å². The molecule has 0 radical (unpaired) electrons. The average Bonchev–Trinajstić information content (AvgIpc) is 2.35. The van der Waals surface area contributed by atoms with Crippen LogP contribution in [0.25, 0.3) is 6.08 Å². The van der Waals surface area contributed by atoms with Crippen LogP contribution in [-0.4, -0.2) is 36.2 Å². The Kier molecular flexibility index (Phi) is 4.21. The van der Waals surface area contributed by atoms with Crippen molar-refractivity contribution in [1.29, 1.82) is 0 Å². The Labute approximate surface area is 97.9 Å². The molecule has 1 rings (SSSR count). The normalized spacial score (nSPS) is 10.2. The minimum Gasteiger partial charge on any atom is -0.478 e. The van der Waals surface area contributed by atoms with E-state index in [-0.39, 0.29) is 11.4 Å². The maximum absolute atomic E-state index is 10.9. The molecule has 0 fully saturated rings. The average molecular weight is 236 g/mol. The first kappa shape index (κ1) is 12.7. The molecule has 0 aliphatic carbocycles. The number of aromatic nitrogens is 1. The molecule has 6 heteroatoms. The first-order valence-corrected chi connectivity index (χ1v) is 4.75. The Morgan fingerprint density at radius 1 is 1.53 bits per heavy atom. The number of ether oxygens (including phenoxy) is 1. The number of carboxylic acid groups (broad SMARTS) is 1. The Balaban J connectivity index is 3.04. The van der Waals surface area contributed by atoms with Crippen molar-refractivity contribution in [3.8, 4) is 0 Å². The van der Waals surface area contributed by atoms with E-state index in [0.717, 1.165) is 0 Å². The van der Waals surface area contributed by atoms with Crippen molar-refractivity contribution in [2.24, 2.45) is 0 Å². The summed E-state index contributed by atoms with van der Waals surface area (Å²) < 4.78 is 4.42. The van der Waals surface area contributed by atoms with Gasteiger partial charge in [-0.25, -0.2) is 14.6 Å². The Bertz CT molecular complexity index is 469. The molecule has 1 aromatic heterocycles. The van der Waals surface area contributed by atoms with Crippen LogP contribution in [0, 0.1) is 0 Å². The zero-order chi connectivity index (χ0) is 12.8. The Hall–Kier alpha value is -2.37. The summed E-state index contributed by atoms with van der Waals surface area (Å²) in [5, 5.41) is 11.6. The van der Waals surface area contributed by atoms with Crippen LogP contribution >= 0.6 is 0 Å². The summed E-state index contributed by atoms with van der Waals surface area (Å²) in [6.45, 7) is 0. The third-order valence-corrected chi connectivity index (χ3v) is 1.99. The van der Waals surface area contributed by atoms with Crippen molar-refractivity contribution >= 4 is 23.8 Å². The summed E-state index contributed by atoms with van der Waals surface area (Å²) in [7, 11) is 2.84. The predicted molar refractivity (Wildman–Crippen MR) is 61.8 cm³/mol. The van der Waals surface area contributed by atoms with Gasteiger partial charge in [0.2, 0.25) is 0 Å². The lowest BCUT2D eigenvalue weighted by Gasteiger charge is -2.04. The number of carboxylic acids is 1. The molecule has 17 heavy (non-hydrogen) atoms. The van der Waals surface area contributed by atoms with Gasteiger partial charge in [-0.3, -0.25) is 0 Å². The molecular formula is C11H12N2O4. The minimum absolute atomic E-state index is 0.0412. The van der Waals surface area contributed by atoms with Crippen LogP contribution in [0.4, 0.5) is 5.82 Å². The molecule has 6 nitrogen and oxygen atoms in total. The minimum atomic E-state index is -1.09. The maximum atomic E-state index is 10.9. The summed E-state index contributed by atoms with van der Waals surface area (Å²) >= 11 is 0. The van der Waals surface area contributed by atoms with Crippen LogP contribution in [0.3, 0.4) is 0 Å². The SMILES string of the molecule is CNc1ncc(/C=C/C(=O)OC)cc1C(=O)O. The lowest BCUT2D eigenvalue weighted by atomic mass is 10.1. The molecule has 1 heterocycles. The van der Waals surface area contributed by atoms with Gasteiger partial charge in [0.25, 0.3) is 0 Å². The van der Waals surface area contributed by atoms with Crippen molar-refractivity contribution in [1.82, 2.24) is 4.98 Å². The Morgan fingerprint density at radius 3 is 2.76 bits per heavy atom. The largest absolute Gasteiger partial charge is 0.478 e. The van der Waals surface area contributed by atoms with Crippen LogP contribution in [0.1, 0.15) is 15.9 Å². The van der Waals surface area contributed by atoms with E-state index in [9.17, 15) is 9.59 Å². The van der Waals surface area contributed by atoms with Crippen molar-refractivity contribution in [3.05, 3.63) is 29.5 Å². The van der Waals surface area contributed by atoms with Gasteiger partial charge >= 0.3 is 11.9 Å². The second-order valence-electron chi connectivity index (χ2n) is 3.08. The zero-order valence-electron chi connectivity index (χ0n) is 9.43. The van der Waals surface area contributed by atoms with Crippen LogP contribution in [0.2, 0.25) is 0 Å². The molecule has 0 amide bonds. The monoisotopic (exact) mass is 236 g/mol. The summed E-state index contributed by atoms with van der Waals surface area (Å²) in [5.74, 6) is -1.33. The molecular weight excluding hydrogens is 224 g/mol. The summed E-state index contributed by atoms with van der Waals surface area (Å²) in [5.41, 5.74) is 0.548. The van der Waals surface area contributed by atoms with E-state index in [2.05, 4.69) is 15.0 Å². The fraction of sp³-hybridized carbons (Fsp3) is 0.182. The molecule has 0 saturated heterocycles. The number of anilines is 1. The molecule has 0 aliphatic heterocycles. The molecule has 0 aliphatic rings. The quantitative estimate of drug-likeness (QED) is 0.599. The van der Waals surface area contributed by atoms with E-state index >= 15 is 0 Å². The van der Waals surface area contributed by atoms with E-state index < -0.39 is 11.9 Å². The number of esters is 1. The maximum Gasteiger partial charge on any atom is 0.339 e. The fourth-order valence-electron chi connectivity index (χ4n) is 1.17. The van der Waals surface area contributed by atoms with Gasteiger partial charge in [-0.05, 0) is 17.7 Å². The molecule has 90 valence electrons. The third kappa shape index (κ3) is 3.30. The summed E-state index contributed by atoms with van der Waals surface area (Å²) in [6, 6.07) is 1.42. The molecule has 1 aromatic rings. The molecule has 0 saturated carbocycles. The number of carbonyl (C=O) groups is 2. The number of carbonyl (C=O) groups excluding carboxylic acids is 1. The van der Waals surface area contributed by atoms with Crippen LogP contribution in [0.15, 0.2) is 18.3 Å². The van der Waals surface area contributed by atoms with Crippen molar-refractivity contribution in [3.63, 3.8) is 0 Å².